The summed E-state index contributed by atoms with van der Waals surface area (Å²) >= 11 is 3.58. The molecule has 2 aromatic heterocycles. The highest BCUT2D eigenvalue weighted by Gasteiger charge is 2.18. The van der Waals surface area contributed by atoms with Gasteiger partial charge in [0.25, 0.3) is 0 Å². The van der Waals surface area contributed by atoms with E-state index < -0.39 is 0 Å². The van der Waals surface area contributed by atoms with E-state index >= 15 is 0 Å². The van der Waals surface area contributed by atoms with Crippen molar-refractivity contribution in [3.63, 3.8) is 0 Å². The molecule has 0 fully saturated rings. The van der Waals surface area contributed by atoms with Crippen molar-refractivity contribution in [2.24, 2.45) is 0 Å². The molecule has 0 radical (unpaired) electrons. The first-order valence-corrected chi connectivity index (χ1v) is 8.64. The maximum Gasteiger partial charge on any atom is 0.234 e. The van der Waals surface area contributed by atoms with Crippen molar-refractivity contribution >= 4 is 28.6 Å². The number of fused-ring (bicyclic) bond motifs is 1. The van der Waals surface area contributed by atoms with Crippen LogP contribution in [0.4, 0.5) is 0 Å². The van der Waals surface area contributed by atoms with Crippen LogP contribution < -0.4 is 5.32 Å². The second kappa shape index (κ2) is 6.52. The van der Waals surface area contributed by atoms with Crippen molar-refractivity contribution in [1.82, 2.24) is 10.2 Å². The summed E-state index contributed by atoms with van der Waals surface area (Å²) in [5.41, 5.74) is 1.40. The fourth-order valence-electron chi connectivity index (χ4n) is 2.48. The van der Waals surface area contributed by atoms with E-state index in [4.69, 9.17) is 0 Å². The van der Waals surface area contributed by atoms with Gasteiger partial charge in [-0.05, 0) is 41.3 Å². The number of amides is 1. The van der Waals surface area contributed by atoms with Gasteiger partial charge in [0, 0.05) is 29.4 Å². The van der Waals surface area contributed by atoms with Gasteiger partial charge in [-0.25, -0.2) is 0 Å². The molecule has 0 spiro atoms. The number of rotatable bonds is 5. The van der Waals surface area contributed by atoms with Crippen LogP contribution in [-0.4, -0.2) is 30.4 Å². The van der Waals surface area contributed by atoms with Crippen LogP contribution in [0.5, 0.6) is 0 Å². The molecule has 2 aromatic rings. The SMILES string of the molecule is O=C(CN1CCc2sccc2C1)NCCc1cccs1. The van der Waals surface area contributed by atoms with Gasteiger partial charge in [-0.15, -0.1) is 22.7 Å². The van der Waals surface area contributed by atoms with Gasteiger partial charge in [-0.2, -0.15) is 0 Å². The summed E-state index contributed by atoms with van der Waals surface area (Å²) in [5, 5.41) is 7.24. The minimum absolute atomic E-state index is 0.139. The maximum absolute atomic E-state index is 11.9. The zero-order valence-corrected chi connectivity index (χ0v) is 12.9. The summed E-state index contributed by atoms with van der Waals surface area (Å²) in [7, 11) is 0. The summed E-state index contributed by atoms with van der Waals surface area (Å²) in [6.45, 7) is 3.15. The minimum Gasteiger partial charge on any atom is -0.355 e. The molecule has 0 saturated carbocycles. The fraction of sp³-hybridized carbons (Fsp3) is 0.400. The fourth-order valence-corrected chi connectivity index (χ4v) is 4.08. The number of thiophene rings is 2. The first-order chi connectivity index (χ1) is 9.81. The molecule has 0 atom stereocenters. The number of carbonyl (C=O) groups excluding carboxylic acids is 1. The van der Waals surface area contributed by atoms with E-state index in [1.54, 1.807) is 11.3 Å². The topological polar surface area (TPSA) is 32.3 Å². The van der Waals surface area contributed by atoms with E-state index in [0.717, 1.165) is 32.5 Å². The molecular weight excluding hydrogens is 288 g/mol. The highest BCUT2D eigenvalue weighted by atomic mass is 32.1. The quantitative estimate of drug-likeness (QED) is 0.920. The second-order valence-corrected chi connectivity index (χ2v) is 7.04. The Balaban J connectivity index is 1.41. The monoisotopic (exact) mass is 306 g/mol. The van der Waals surface area contributed by atoms with Crippen molar-refractivity contribution < 1.29 is 4.79 Å². The van der Waals surface area contributed by atoms with Gasteiger partial charge in [-0.1, -0.05) is 6.07 Å². The molecule has 1 aliphatic rings. The highest BCUT2D eigenvalue weighted by molar-refractivity contribution is 7.10. The van der Waals surface area contributed by atoms with Crippen molar-refractivity contribution in [2.45, 2.75) is 19.4 Å². The zero-order chi connectivity index (χ0) is 13.8. The number of hydrogen-bond donors (Lipinski definition) is 1. The molecule has 0 saturated heterocycles. The van der Waals surface area contributed by atoms with E-state index in [1.165, 1.54) is 15.3 Å². The Hall–Kier alpha value is -1.17. The van der Waals surface area contributed by atoms with Crippen LogP contribution in [-0.2, 0) is 24.2 Å². The van der Waals surface area contributed by atoms with Gasteiger partial charge in [0.05, 0.1) is 6.54 Å². The third kappa shape index (κ3) is 3.48. The van der Waals surface area contributed by atoms with Crippen LogP contribution >= 0.6 is 22.7 Å². The van der Waals surface area contributed by atoms with E-state index in [2.05, 4.69) is 33.1 Å². The Kier molecular flexibility index (Phi) is 4.50. The third-order valence-electron chi connectivity index (χ3n) is 3.53. The summed E-state index contributed by atoms with van der Waals surface area (Å²) in [4.78, 5) is 17.0. The van der Waals surface area contributed by atoms with Gasteiger partial charge in [-0.3, -0.25) is 9.69 Å². The molecule has 106 valence electrons. The predicted octanol–water partition coefficient (Wildman–Crippen LogP) is 2.53. The molecule has 5 heteroatoms. The van der Waals surface area contributed by atoms with E-state index in [1.807, 2.05) is 17.4 Å². The summed E-state index contributed by atoms with van der Waals surface area (Å²) < 4.78 is 0. The minimum atomic E-state index is 0.139. The van der Waals surface area contributed by atoms with Crippen molar-refractivity contribution in [3.05, 3.63) is 44.3 Å². The molecule has 3 nitrogen and oxygen atoms in total. The van der Waals surface area contributed by atoms with Gasteiger partial charge in [0.2, 0.25) is 5.91 Å². The van der Waals surface area contributed by atoms with Crippen LogP contribution in [0.2, 0.25) is 0 Å². The van der Waals surface area contributed by atoms with Crippen molar-refractivity contribution in [2.75, 3.05) is 19.6 Å². The van der Waals surface area contributed by atoms with Crippen LogP contribution in [0, 0.1) is 0 Å². The molecule has 1 N–H and O–H groups in total. The Morgan fingerprint density at radius 1 is 1.30 bits per heavy atom. The van der Waals surface area contributed by atoms with Crippen molar-refractivity contribution in [1.29, 1.82) is 0 Å². The van der Waals surface area contributed by atoms with Crippen LogP contribution in [0.15, 0.2) is 29.0 Å². The molecule has 3 heterocycles. The van der Waals surface area contributed by atoms with Crippen LogP contribution in [0.1, 0.15) is 15.3 Å². The zero-order valence-electron chi connectivity index (χ0n) is 11.3. The highest BCUT2D eigenvalue weighted by Crippen LogP contribution is 2.23. The predicted molar refractivity (Wildman–Crippen MR) is 84.3 cm³/mol. The average Bonchev–Trinajstić information content (AvgIpc) is 3.08. The van der Waals surface area contributed by atoms with Gasteiger partial charge < -0.3 is 5.32 Å². The van der Waals surface area contributed by atoms with Crippen LogP contribution in [0.25, 0.3) is 0 Å². The number of hydrogen-bond acceptors (Lipinski definition) is 4. The largest absolute Gasteiger partial charge is 0.355 e. The van der Waals surface area contributed by atoms with E-state index in [-0.39, 0.29) is 5.91 Å². The number of nitrogens with zero attached hydrogens (tertiary/aromatic N) is 1. The van der Waals surface area contributed by atoms with E-state index in [0.29, 0.717) is 6.54 Å². The summed E-state index contributed by atoms with van der Waals surface area (Å²) in [5.74, 6) is 0.139. The lowest BCUT2D eigenvalue weighted by Gasteiger charge is -2.26. The molecule has 0 unspecified atom stereocenters. The second-order valence-electron chi connectivity index (χ2n) is 5.01. The Morgan fingerprint density at radius 2 is 2.25 bits per heavy atom. The van der Waals surface area contributed by atoms with Crippen LogP contribution in [0.3, 0.4) is 0 Å². The lowest BCUT2D eigenvalue weighted by atomic mass is 10.1. The Labute approximate surface area is 127 Å². The summed E-state index contributed by atoms with van der Waals surface area (Å²) in [6.07, 6.45) is 2.01. The number of nitrogens with one attached hydrogen (secondary N) is 1. The smallest absolute Gasteiger partial charge is 0.234 e. The first-order valence-electron chi connectivity index (χ1n) is 6.88. The Bertz CT molecular complexity index is 562. The molecule has 0 bridgehead atoms. The third-order valence-corrected chi connectivity index (χ3v) is 5.49. The lowest BCUT2D eigenvalue weighted by molar-refractivity contribution is -0.122. The normalized spacial score (nSPS) is 15.0. The molecule has 1 amide bonds. The van der Waals surface area contributed by atoms with E-state index in [9.17, 15) is 4.79 Å². The molecule has 0 aliphatic carbocycles. The van der Waals surface area contributed by atoms with Crippen molar-refractivity contribution in [3.8, 4) is 0 Å². The lowest BCUT2D eigenvalue weighted by Crippen LogP contribution is -2.40. The molecule has 20 heavy (non-hydrogen) atoms. The Morgan fingerprint density at radius 3 is 3.10 bits per heavy atom. The maximum atomic E-state index is 11.9. The van der Waals surface area contributed by atoms with Gasteiger partial charge >= 0.3 is 0 Å². The average molecular weight is 306 g/mol. The van der Waals surface area contributed by atoms with Gasteiger partial charge in [0.15, 0.2) is 0 Å². The standard InChI is InChI=1S/C15H18N2OS2/c18-15(16-6-3-13-2-1-8-19-13)11-17-7-4-14-12(10-17)5-9-20-14/h1-2,5,8-9H,3-4,6-7,10-11H2,(H,16,18). The molecule has 3 rings (SSSR count). The molecule has 1 aliphatic heterocycles. The molecular formula is C15H18N2OS2. The van der Waals surface area contributed by atoms with Gasteiger partial charge in [0.1, 0.15) is 0 Å². The first kappa shape index (κ1) is 13.8. The molecule has 0 aromatic carbocycles. The number of carbonyl (C=O) groups is 1. The summed E-state index contributed by atoms with van der Waals surface area (Å²) in [6, 6.07) is 6.34.